The summed E-state index contributed by atoms with van der Waals surface area (Å²) in [4.78, 5) is 12.5. The quantitative estimate of drug-likeness (QED) is 0.666. The number of halogens is 1. The predicted molar refractivity (Wildman–Crippen MR) is 95.3 cm³/mol. The van der Waals surface area contributed by atoms with Crippen LogP contribution in [0.25, 0.3) is 22.3 Å². The lowest BCUT2D eigenvalue weighted by molar-refractivity contribution is 0.396. The summed E-state index contributed by atoms with van der Waals surface area (Å²) < 4.78 is 22.4. The topological polar surface area (TPSA) is 57.9 Å². The van der Waals surface area contributed by atoms with Gasteiger partial charge in [-0.05, 0) is 34.1 Å². The zero-order valence-electron chi connectivity index (χ0n) is 13.4. The molecule has 0 aliphatic carbocycles. The van der Waals surface area contributed by atoms with Gasteiger partial charge >= 0.3 is 0 Å². The van der Waals surface area contributed by atoms with Gasteiger partial charge in [-0.15, -0.1) is 0 Å². The lowest BCUT2D eigenvalue weighted by Crippen LogP contribution is -2.03. The molecule has 0 bridgehead atoms. The van der Waals surface area contributed by atoms with Gasteiger partial charge in [-0.3, -0.25) is 4.79 Å². The largest absolute Gasteiger partial charge is 0.496 e. The standard InChI is InChI=1S/C18H15BrO5/c1-21-11-7-16(23-3)18-13(20)9-15(24-17(18)8-11)10-4-5-14(22-2)12(19)6-10/h4-9H,1-3H3. The molecule has 3 rings (SSSR count). The summed E-state index contributed by atoms with van der Waals surface area (Å²) in [6, 6.07) is 10.2. The Morgan fingerprint density at radius 3 is 2.29 bits per heavy atom. The Balaban J connectivity index is 2.24. The average molecular weight is 391 g/mol. The van der Waals surface area contributed by atoms with Crippen molar-refractivity contribution in [3.05, 3.63) is 51.1 Å². The second kappa shape index (κ2) is 6.57. The highest BCUT2D eigenvalue weighted by Gasteiger charge is 2.14. The molecular formula is C18H15BrO5. The van der Waals surface area contributed by atoms with Gasteiger partial charge in [0.2, 0.25) is 0 Å². The summed E-state index contributed by atoms with van der Waals surface area (Å²) in [6.07, 6.45) is 0. The van der Waals surface area contributed by atoms with E-state index in [4.69, 9.17) is 18.6 Å². The van der Waals surface area contributed by atoms with E-state index in [2.05, 4.69) is 15.9 Å². The van der Waals surface area contributed by atoms with Crippen molar-refractivity contribution in [2.75, 3.05) is 21.3 Å². The molecule has 3 aromatic rings. The summed E-state index contributed by atoms with van der Waals surface area (Å²) in [6.45, 7) is 0. The third kappa shape index (κ3) is 2.85. The van der Waals surface area contributed by atoms with Gasteiger partial charge in [0.25, 0.3) is 0 Å². The number of hydrogen-bond donors (Lipinski definition) is 0. The number of ether oxygens (including phenoxy) is 3. The van der Waals surface area contributed by atoms with Crippen molar-refractivity contribution in [3.63, 3.8) is 0 Å². The smallest absolute Gasteiger partial charge is 0.197 e. The van der Waals surface area contributed by atoms with Crippen LogP contribution in [0.4, 0.5) is 0 Å². The number of hydrogen-bond acceptors (Lipinski definition) is 5. The Labute approximate surface area is 146 Å². The van der Waals surface area contributed by atoms with Crippen molar-refractivity contribution in [3.8, 4) is 28.6 Å². The molecule has 0 aliphatic rings. The summed E-state index contributed by atoms with van der Waals surface area (Å²) in [5.74, 6) is 2.12. The Kier molecular flexibility index (Phi) is 4.49. The molecule has 24 heavy (non-hydrogen) atoms. The highest BCUT2D eigenvalue weighted by atomic mass is 79.9. The van der Waals surface area contributed by atoms with Crippen LogP contribution in [-0.2, 0) is 0 Å². The van der Waals surface area contributed by atoms with Crippen LogP contribution in [0.2, 0.25) is 0 Å². The van der Waals surface area contributed by atoms with Crippen LogP contribution in [0.15, 0.2) is 50.1 Å². The minimum absolute atomic E-state index is 0.183. The van der Waals surface area contributed by atoms with E-state index in [0.717, 1.165) is 10.0 Å². The molecule has 0 radical (unpaired) electrons. The molecule has 1 heterocycles. The molecule has 0 atom stereocenters. The molecule has 0 saturated heterocycles. The molecule has 5 nitrogen and oxygen atoms in total. The summed E-state index contributed by atoms with van der Waals surface area (Å²) >= 11 is 3.43. The number of fused-ring (bicyclic) bond motifs is 1. The first kappa shape index (κ1) is 16.4. The van der Waals surface area contributed by atoms with E-state index >= 15 is 0 Å². The fourth-order valence-corrected chi connectivity index (χ4v) is 3.01. The van der Waals surface area contributed by atoms with Crippen LogP contribution in [0.1, 0.15) is 0 Å². The van der Waals surface area contributed by atoms with Gasteiger partial charge in [-0.25, -0.2) is 0 Å². The number of methoxy groups -OCH3 is 3. The Morgan fingerprint density at radius 1 is 0.917 bits per heavy atom. The minimum atomic E-state index is -0.183. The Morgan fingerprint density at radius 2 is 1.67 bits per heavy atom. The number of rotatable bonds is 4. The first-order chi connectivity index (χ1) is 11.6. The summed E-state index contributed by atoms with van der Waals surface area (Å²) in [7, 11) is 4.64. The van der Waals surface area contributed by atoms with Crippen molar-refractivity contribution >= 4 is 26.9 Å². The lowest BCUT2D eigenvalue weighted by Gasteiger charge is -2.10. The van der Waals surface area contributed by atoms with Crippen LogP contribution < -0.4 is 19.6 Å². The summed E-state index contributed by atoms with van der Waals surface area (Å²) in [5, 5.41) is 0.384. The van der Waals surface area contributed by atoms with Gasteiger partial charge in [0.15, 0.2) is 5.43 Å². The Bertz CT molecular complexity index is 962. The molecule has 0 spiro atoms. The van der Waals surface area contributed by atoms with Crippen LogP contribution in [0.3, 0.4) is 0 Å². The van der Waals surface area contributed by atoms with E-state index < -0.39 is 0 Å². The molecule has 1 aromatic heterocycles. The van der Waals surface area contributed by atoms with Crippen molar-refractivity contribution < 1.29 is 18.6 Å². The van der Waals surface area contributed by atoms with E-state index in [1.165, 1.54) is 13.2 Å². The van der Waals surface area contributed by atoms with Gasteiger partial charge in [-0.1, -0.05) is 0 Å². The maximum Gasteiger partial charge on any atom is 0.197 e. The second-order valence-electron chi connectivity index (χ2n) is 5.03. The van der Waals surface area contributed by atoms with Gasteiger partial charge in [0.1, 0.15) is 34.0 Å². The highest BCUT2D eigenvalue weighted by Crippen LogP contribution is 2.34. The van der Waals surface area contributed by atoms with Crippen molar-refractivity contribution in [2.45, 2.75) is 0 Å². The van der Waals surface area contributed by atoms with Crippen LogP contribution >= 0.6 is 15.9 Å². The molecule has 6 heteroatoms. The predicted octanol–water partition coefficient (Wildman–Crippen LogP) is 4.25. The van der Waals surface area contributed by atoms with Gasteiger partial charge < -0.3 is 18.6 Å². The van der Waals surface area contributed by atoms with Crippen LogP contribution in [0.5, 0.6) is 17.2 Å². The molecular weight excluding hydrogens is 376 g/mol. The van der Waals surface area contributed by atoms with Gasteiger partial charge in [0, 0.05) is 23.8 Å². The molecule has 0 unspecified atom stereocenters. The third-order valence-electron chi connectivity index (χ3n) is 3.66. The van der Waals surface area contributed by atoms with Gasteiger partial charge in [-0.2, -0.15) is 0 Å². The zero-order valence-corrected chi connectivity index (χ0v) is 15.0. The lowest BCUT2D eigenvalue weighted by atomic mass is 10.1. The molecule has 0 amide bonds. The molecule has 2 aromatic carbocycles. The van der Waals surface area contributed by atoms with Crippen molar-refractivity contribution in [2.24, 2.45) is 0 Å². The van der Waals surface area contributed by atoms with E-state index in [-0.39, 0.29) is 5.43 Å². The van der Waals surface area contributed by atoms with Crippen LogP contribution in [0, 0.1) is 0 Å². The SMILES string of the molecule is COc1cc(OC)c2c(=O)cc(-c3ccc(OC)c(Br)c3)oc2c1. The average Bonchev–Trinajstić information content (AvgIpc) is 2.60. The maximum atomic E-state index is 12.5. The van der Waals surface area contributed by atoms with Crippen molar-refractivity contribution in [1.82, 2.24) is 0 Å². The maximum absolute atomic E-state index is 12.5. The third-order valence-corrected chi connectivity index (χ3v) is 4.28. The van der Waals surface area contributed by atoms with Gasteiger partial charge in [0.05, 0.1) is 25.8 Å². The van der Waals surface area contributed by atoms with E-state index in [9.17, 15) is 4.79 Å². The van der Waals surface area contributed by atoms with E-state index in [1.54, 1.807) is 32.4 Å². The molecule has 0 aliphatic heterocycles. The Hall–Kier alpha value is -2.47. The van der Waals surface area contributed by atoms with Crippen molar-refractivity contribution in [1.29, 1.82) is 0 Å². The van der Waals surface area contributed by atoms with Crippen LogP contribution in [-0.4, -0.2) is 21.3 Å². The highest BCUT2D eigenvalue weighted by molar-refractivity contribution is 9.10. The normalized spacial score (nSPS) is 10.7. The molecule has 0 N–H and O–H groups in total. The first-order valence-electron chi connectivity index (χ1n) is 7.11. The molecule has 0 saturated carbocycles. The zero-order chi connectivity index (χ0) is 17.3. The monoisotopic (exact) mass is 390 g/mol. The molecule has 0 fully saturated rings. The van der Waals surface area contributed by atoms with E-state index in [1.807, 2.05) is 12.1 Å². The number of benzene rings is 2. The fourth-order valence-electron chi connectivity index (χ4n) is 2.47. The second-order valence-corrected chi connectivity index (χ2v) is 5.88. The minimum Gasteiger partial charge on any atom is -0.496 e. The summed E-state index contributed by atoms with van der Waals surface area (Å²) in [5.41, 5.74) is 0.974. The fraction of sp³-hybridized carbons (Fsp3) is 0.167. The first-order valence-corrected chi connectivity index (χ1v) is 7.90. The molecule has 124 valence electrons. The van der Waals surface area contributed by atoms with E-state index in [0.29, 0.717) is 34.0 Å².